The first-order chi connectivity index (χ1) is 12.5. The summed E-state index contributed by atoms with van der Waals surface area (Å²) in [6.45, 7) is 0.506. The molecule has 3 rings (SSSR count). The van der Waals surface area contributed by atoms with Gasteiger partial charge in [-0.2, -0.15) is 5.10 Å². The zero-order valence-corrected chi connectivity index (χ0v) is 15.7. The molecular formula is C17H13FIN3O4. The van der Waals surface area contributed by atoms with Gasteiger partial charge in [0, 0.05) is 6.07 Å². The predicted octanol–water partition coefficient (Wildman–Crippen LogP) is 4.38. The molecule has 0 amide bonds. The molecule has 0 radical (unpaired) electrons. The number of non-ortho nitro benzene ring substituents is 1. The molecule has 3 aromatic rings. The van der Waals surface area contributed by atoms with E-state index in [-0.39, 0.29) is 11.4 Å². The van der Waals surface area contributed by atoms with Crippen molar-refractivity contribution in [3.63, 3.8) is 0 Å². The van der Waals surface area contributed by atoms with Gasteiger partial charge >= 0.3 is 0 Å². The summed E-state index contributed by atoms with van der Waals surface area (Å²) in [5, 5.41) is 15.0. The molecule has 1 heterocycles. The number of benzene rings is 2. The highest BCUT2D eigenvalue weighted by molar-refractivity contribution is 14.1. The van der Waals surface area contributed by atoms with E-state index in [4.69, 9.17) is 9.47 Å². The monoisotopic (exact) mass is 469 g/mol. The van der Waals surface area contributed by atoms with E-state index in [2.05, 4.69) is 5.10 Å². The number of halogens is 2. The van der Waals surface area contributed by atoms with Gasteiger partial charge in [-0.1, -0.05) is 12.1 Å². The van der Waals surface area contributed by atoms with Gasteiger partial charge in [-0.05, 0) is 46.4 Å². The van der Waals surface area contributed by atoms with Crippen LogP contribution in [0.25, 0.3) is 0 Å². The van der Waals surface area contributed by atoms with Gasteiger partial charge in [-0.15, -0.1) is 0 Å². The van der Waals surface area contributed by atoms with Crippen molar-refractivity contribution in [1.29, 1.82) is 0 Å². The zero-order valence-electron chi connectivity index (χ0n) is 13.6. The van der Waals surface area contributed by atoms with E-state index in [1.54, 1.807) is 18.0 Å². The van der Waals surface area contributed by atoms with Crippen LogP contribution in [-0.2, 0) is 6.54 Å². The second-order valence-corrected chi connectivity index (χ2v) is 6.33. The summed E-state index contributed by atoms with van der Waals surface area (Å²) >= 11 is 1.98. The van der Waals surface area contributed by atoms with Crippen LogP contribution in [0.2, 0.25) is 0 Å². The lowest BCUT2D eigenvalue weighted by molar-refractivity contribution is -0.385. The zero-order chi connectivity index (χ0) is 18.7. The summed E-state index contributed by atoms with van der Waals surface area (Å²) in [5.74, 6) is 0.226. The van der Waals surface area contributed by atoms with Crippen LogP contribution >= 0.6 is 22.6 Å². The standard InChI is InChI=1S/C17H13FIN3O4/c1-25-13-5-2-11(3-6-13)9-21-10-16(17(19)20-21)26-15-7-4-12(22(23)24)8-14(15)18/h2-8,10H,9H2,1H3. The number of nitro groups is 1. The Morgan fingerprint density at radius 3 is 2.58 bits per heavy atom. The average Bonchev–Trinajstić information content (AvgIpc) is 2.96. The van der Waals surface area contributed by atoms with E-state index in [1.807, 2.05) is 46.9 Å². The molecule has 0 saturated heterocycles. The van der Waals surface area contributed by atoms with Crippen molar-refractivity contribution in [1.82, 2.24) is 9.78 Å². The lowest BCUT2D eigenvalue weighted by Gasteiger charge is -2.05. The third kappa shape index (κ3) is 4.10. The van der Waals surface area contributed by atoms with Gasteiger partial charge in [-0.3, -0.25) is 14.8 Å². The fourth-order valence-electron chi connectivity index (χ4n) is 2.25. The van der Waals surface area contributed by atoms with Crippen molar-refractivity contribution >= 4 is 28.3 Å². The molecule has 0 atom stereocenters. The third-order valence-corrected chi connectivity index (χ3v) is 4.28. The Morgan fingerprint density at radius 2 is 1.96 bits per heavy atom. The smallest absolute Gasteiger partial charge is 0.272 e. The average molecular weight is 469 g/mol. The first-order valence-corrected chi connectivity index (χ1v) is 8.52. The summed E-state index contributed by atoms with van der Waals surface area (Å²) in [4.78, 5) is 10.0. The number of nitro benzene ring substituents is 1. The minimum Gasteiger partial charge on any atom is -0.497 e. The second kappa shape index (κ2) is 7.68. The summed E-state index contributed by atoms with van der Waals surface area (Å²) in [6, 6.07) is 10.8. The molecule has 0 spiro atoms. The lowest BCUT2D eigenvalue weighted by Crippen LogP contribution is -2.00. The number of nitrogens with zero attached hydrogens (tertiary/aromatic N) is 3. The molecule has 7 nitrogen and oxygen atoms in total. The maximum absolute atomic E-state index is 14.0. The molecule has 0 fully saturated rings. The van der Waals surface area contributed by atoms with Crippen LogP contribution in [0.4, 0.5) is 10.1 Å². The number of hydrogen-bond acceptors (Lipinski definition) is 5. The normalized spacial score (nSPS) is 10.6. The minimum atomic E-state index is -0.807. The molecule has 134 valence electrons. The van der Waals surface area contributed by atoms with Gasteiger partial charge < -0.3 is 9.47 Å². The number of rotatable bonds is 6. The Kier molecular flexibility index (Phi) is 5.35. The molecule has 0 N–H and O–H groups in total. The van der Waals surface area contributed by atoms with E-state index in [9.17, 15) is 14.5 Å². The van der Waals surface area contributed by atoms with E-state index in [0.717, 1.165) is 17.4 Å². The Morgan fingerprint density at radius 1 is 1.23 bits per heavy atom. The van der Waals surface area contributed by atoms with E-state index >= 15 is 0 Å². The highest BCUT2D eigenvalue weighted by Gasteiger charge is 2.15. The van der Waals surface area contributed by atoms with Crippen LogP contribution in [-0.4, -0.2) is 21.8 Å². The second-order valence-electron chi connectivity index (χ2n) is 5.30. The van der Waals surface area contributed by atoms with Crippen molar-refractivity contribution in [3.05, 3.63) is 73.9 Å². The first kappa shape index (κ1) is 18.1. The molecule has 0 aliphatic rings. The van der Waals surface area contributed by atoms with Crippen molar-refractivity contribution in [2.75, 3.05) is 7.11 Å². The van der Waals surface area contributed by atoms with Crippen molar-refractivity contribution in [2.24, 2.45) is 0 Å². The Hall–Kier alpha value is -2.69. The molecule has 0 unspecified atom stereocenters. The maximum atomic E-state index is 14.0. The number of aromatic nitrogens is 2. The van der Waals surface area contributed by atoms with Crippen molar-refractivity contribution in [2.45, 2.75) is 6.54 Å². The fourth-order valence-corrected chi connectivity index (χ4v) is 2.78. The highest BCUT2D eigenvalue weighted by atomic mass is 127. The van der Waals surface area contributed by atoms with Crippen LogP contribution in [0.3, 0.4) is 0 Å². The Bertz CT molecular complexity index is 944. The summed E-state index contributed by atoms with van der Waals surface area (Å²) < 4.78 is 26.8. The van der Waals surface area contributed by atoms with Crippen LogP contribution in [0.1, 0.15) is 5.56 Å². The van der Waals surface area contributed by atoms with E-state index in [1.165, 1.54) is 12.1 Å². The first-order valence-electron chi connectivity index (χ1n) is 7.44. The molecule has 0 aliphatic heterocycles. The van der Waals surface area contributed by atoms with Gasteiger partial charge in [0.25, 0.3) is 5.69 Å². The molecule has 1 aromatic heterocycles. The Balaban J connectivity index is 1.76. The van der Waals surface area contributed by atoms with Gasteiger partial charge in [-0.25, -0.2) is 4.39 Å². The molecule has 2 aromatic carbocycles. The van der Waals surface area contributed by atoms with Gasteiger partial charge in [0.2, 0.25) is 0 Å². The molecule has 0 saturated carbocycles. The van der Waals surface area contributed by atoms with Gasteiger partial charge in [0.05, 0.1) is 30.8 Å². The topological polar surface area (TPSA) is 79.4 Å². The minimum absolute atomic E-state index is 0.0995. The molecule has 0 aliphatic carbocycles. The lowest BCUT2D eigenvalue weighted by atomic mass is 10.2. The van der Waals surface area contributed by atoms with Crippen molar-refractivity contribution < 1.29 is 18.8 Å². The molecular weight excluding hydrogens is 456 g/mol. The summed E-state index contributed by atoms with van der Waals surface area (Å²) in [7, 11) is 1.60. The van der Waals surface area contributed by atoms with Gasteiger partial charge in [0.15, 0.2) is 21.0 Å². The fraction of sp³-hybridized carbons (Fsp3) is 0.118. The van der Waals surface area contributed by atoms with Crippen LogP contribution in [0, 0.1) is 19.6 Å². The number of hydrogen-bond donors (Lipinski definition) is 0. The SMILES string of the molecule is COc1ccc(Cn2cc(Oc3ccc([N+](=O)[O-])cc3F)c(I)n2)cc1. The largest absolute Gasteiger partial charge is 0.497 e. The highest BCUT2D eigenvalue weighted by Crippen LogP contribution is 2.30. The van der Waals surface area contributed by atoms with E-state index < -0.39 is 10.7 Å². The molecule has 0 bridgehead atoms. The summed E-state index contributed by atoms with van der Waals surface area (Å²) in [5.41, 5.74) is 0.678. The predicted molar refractivity (Wildman–Crippen MR) is 100 cm³/mol. The van der Waals surface area contributed by atoms with Gasteiger partial charge in [0.1, 0.15) is 5.75 Å². The van der Waals surface area contributed by atoms with Crippen LogP contribution in [0.5, 0.6) is 17.2 Å². The van der Waals surface area contributed by atoms with Crippen LogP contribution in [0.15, 0.2) is 48.7 Å². The summed E-state index contributed by atoms with van der Waals surface area (Å²) in [6.07, 6.45) is 1.65. The number of methoxy groups -OCH3 is 1. The molecule has 9 heteroatoms. The quantitative estimate of drug-likeness (QED) is 0.304. The maximum Gasteiger partial charge on any atom is 0.272 e. The van der Waals surface area contributed by atoms with Crippen molar-refractivity contribution in [3.8, 4) is 17.2 Å². The Labute approximate surface area is 161 Å². The van der Waals surface area contributed by atoms with Crippen LogP contribution < -0.4 is 9.47 Å². The molecule has 26 heavy (non-hydrogen) atoms. The number of ether oxygens (including phenoxy) is 2. The van der Waals surface area contributed by atoms with E-state index in [0.29, 0.717) is 16.0 Å². The third-order valence-electron chi connectivity index (χ3n) is 3.54.